The first kappa shape index (κ1) is 20.9. The predicted octanol–water partition coefficient (Wildman–Crippen LogP) is 2.82. The van der Waals surface area contributed by atoms with Crippen LogP contribution in [0.2, 0.25) is 0 Å². The zero-order valence-corrected chi connectivity index (χ0v) is 17.3. The molecule has 0 atom stereocenters. The molecule has 0 saturated heterocycles. The van der Waals surface area contributed by atoms with Crippen LogP contribution in [0.1, 0.15) is 63.6 Å². The van der Waals surface area contributed by atoms with E-state index in [2.05, 4.69) is 9.97 Å². The molecule has 7 nitrogen and oxygen atoms in total. The molecule has 2 heterocycles. The van der Waals surface area contributed by atoms with Crippen molar-refractivity contribution in [2.24, 2.45) is 0 Å². The molecule has 0 aliphatic rings. The number of hydrogen-bond donors (Lipinski definition) is 1. The highest BCUT2D eigenvalue weighted by Crippen LogP contribution is 2.21. The lowest BCUT2D eigenvalue weighted by atomic mass is 9.95. The number of carbonyl (C=O) groups is 1. The molecule has 0 unspecified atom stereocenters. The van der Waals surface area contributed by atoms with E-state index in [9.17, 15) is 19.6 Å². The van der Waals surface area contributed by atoms with E-state index in [4.69, 9.17) is 0 Å². The van der Waals surface area contributed by atoms with Gasteiger partial charge in [-0.3, -0.25) is 24.1 Å². The van der Waals surface area contributed by atoms with Crippen LogP contribution in [-0.4, -0.2) is 20.3 Å². The molecule has 7 heteroatoms. The molecule has 2 aromatic heterocycles. The number of rotatable bonds is 5. The van der Waals surface area contributed by atoms with Crippen molar-refractivity contribution in [3.05, 3.63) is 96.6 Å². The Balaban J connectivity index is 2.31. The Morgan fingerprint density at radius 3 is 2.60 bits per heavy atom. The minimum absolute atomic E-state index is 0.0458. The molecule has 0 radical (unpaired) electrons. The molecule has 0 bridgehead atoms. The van der Waals surface area contributed by atoms with E-state index in [1.807, 2.05) is 13.0 Å². The fourth-order valence-electron chi connectivity index (χ4n) is 3.48. The monoisotopic (exact) mass is 402 g/mol. The van der Waals surface area contributed by atoms with Gasteiger partial charge in [0.1, 0.15) is 5.69 Å². The summed E-state index contributed by atoms with van der Waals surface area (Å²) in [5.41, 5.74) is 2.08. The zero-order chi connectivity index (χ0) is 22.0. The standard InChI is InChI=1S/C23H22N4O3/c1-13(2)19-20(21(28)18-8-14(3)7-16(9-18)10-24)27(23(30)26-22(19)29)12-17-5-6-25-11-15(17)4/h5-9,11,13H,12H2,1-4H3,(H,26,29,30). The van der Waals surface area contributed by atoms with Crippen molar-refractivity contribution in [1.29, 1.82) is 5.26 Å². The molecule has 0 aliphatic carbocycles. The van der Waals surface area contributed by atoms with Crippen LogP contribution in [0.5, 0.6) is 0 Å². The van der Waals surface area contributed by atoms with Crippen molar-refractivity contribution in [1.82, 2.24) is 14.5 Å². The lowest BCUT2D eigenvalue weighted by Crippen LogP contribution is -2.38. The summed E-state index contributed by atoms with van der Waals surface area (Å²) in [7, 11) is 0. The number of aromatic nitrogens is 3. The number of pyridine rings is 1. The minimum Gasteiger partial charge on any atom is -0.287 e. The van der Waals surface area contributed by atoms with E-state index in [0.717, 1.165) is 16.7 Å². The fraction of sp³-hybridized carbons (Fsp3) is 0.261. The number of H-pyrrole nitrogens is 1. The van der Waals surface area contributed by atoms with Crippen LogP contribution in [0.3, 0.4) is 0 Å². The highest BCUT2D eigenvalue weighted by Gasteiger charge is 2.25. The molecule has 3 aromatic rings. The van der Waals surface area contributed by atoms with Crippen LogP contribution in [0, 0.1) is 25.2 Å². The molecule has 1 N–H and O–H groups in total. The maximum absolute atomic E-state index is 13.6. The van der Waals surface area contributed by atoms with Crippen LogP contribution < -0.4 is 11.2 Å². The second-order valence-corrected chi connectivity index (χ2v) is 7.59. The maximum atomic E-state index is 13.6. The van der Waals surface area contributed by atoms with Crippen LogP contribution in [0.25, 0.3) is 0 Å². The molecular weight excluding hydrogens is 380 g/mol. The van der Waals surface area contributed by atoms with Crippen molar-refractivity contribution in [3.63, 3.8) is 0 Å². The molecule has 0 spiro atoms. The van der Waals surface area contributed by atoms with Gasteiger partial charge in [0.2, 0.25) is 5.78 Å². The van der Waals surface area contributed by atoms with Gasteiger partial charge in [-0.2, -0.15) is 5.26 Å². The number of nitriles is 1. The smallest absolute Gasteiger partial charge is 0.287 e. The molecule has 0 amide bonds. The van der Waals surface area contributed by atoms with Gasteiger partial charge >= 0.3 is 5.69 Å². The van der Waals surface area contributed by atoms with Gasteiger partial charge < -0.3 is 0 Å². The lowest BCUT2D eigenvalue weighted by Gasteiger charge is -2.18. The van der Waals surface area contributed by atoms with Crippen molar-refractivity contribution in [2.45, 2.75) is 40.2 Å². The average molecular weight is 402 g/mol. The predicted molar refractivity (Wildman–Crippen MR) is 113 cm³/mol. The Morgan fingerprint density at radius 1 is 1.23 bits per heavy atom. The van der Waals surface area contributed by atoms with Gasteiger partial charge in [0.25, 0.3) is 5.56 Å². The second-order valence-electron chi connectivity index (χ2n) is 7.59. The first-order chi connectivity index (χ1) is 14.2. The van der Waals surface area contributed by atoms with Gasteiger partial charge in [-0.15, -0.1) is 0 Å². The van der Waals surface area contributed by atoms with Crippen LogP contribution >= 0.6 is 0 Å². The number of aromatic amines is 1. The van der Waals surface area contributed by atoms with E-state index in [0.29, 0.717) is 5.56 Å². The topological polar surface area (TPSA) is 109 Å². The number of carbonyl (C=O) groups excluding carboxylic acids is 1. The molecular formula is C23H22N4O3. The Kier molecular flexibility index (Phi) is 5.79. The highest BCUT2D eigenvalue weighted by molar-refractivity contribution is 6.09. The summed E-state index contributed by atoms with van der Waals surface area (Å²) in [6, 6.07) is 8.62. The summed E-state index contributed by atoms with van der Waals surface area (Å²) in [6.45, 7) is 7.35. The van der Waals surface area contributed by atoms with E-state index >= 15 is 0 Å². The van der Waals surface area contributed by atoms with Gasteiger partial charge in [0, 0.05) is 23.5 Å². The van der Waals surface area contributed by atoms with Crippen molar-refractivity contribution in [3.8, 4) is 6.07 Å². The molecule has 30 heavy (non-hydrogen) atoms. The molecule has 0 saturated carbocycles. The Morgan fingerprint density at radius 2 is 1.97 bits per heavy atom. The molecule has 0 aliphatic heterocycles. The van der Waals surface area contributed by atoms with Crippen molar-refractivity contribution < 1.29 is 4.79 Å². The number of hydrogen-bond acceptors (Lipinski definition) is 5. The molecule has 0 fully saturated rings. The Hall–Kier alpha value is -3.79. The van der Waals surface area contributed by atoms with Crippen LogP contribution in [0.4, 0.5) is 0 Å². The summed E-state index contributed by atoms with van der Waals surface area (Å²) < 4.78 is 1.30. The van der Waals surface area contributed by atoms with E-state index in [1.165, 1.54) is 10.6 Å². The number of nitrogens with one attached hydrogen (secondary N) is 1. The maximum Gasteiger partial charge on any atom is 0.329 e. The summed E-state index contributed by atoms with van der Waals surface area (Å²) in [5, 5.41) is 9.27. The third-order valence-corrected chi connectivity index (χ3v) is 4.96. The summed E-state index contributed by atoms with van der Waals surface area (Å²) in [6.07, 6.45) is 3.29. The second kappa shape index (κ2) is 8.29. The van der Waals surface area contributed by atoms with E-state index in [-0.39, 0.29) is 29.3 Å². The highest BCUT2D eigenvalue weighted by atomic mass is 16.2. The normalized spacial score (nSPS) is 10.8. The number of aryl methyl sites for hydroxylation is 2. The van der Waals surface area contributed by atoms with Gasteiger partial charge in [0.05, 0.1) is 18.2 Å². The van der Waals surface area contributed by atoms with E-state index in [1.54, 1.807) is 51.4 Å². The van der Waals surface area contributed by atoms with Crippen molar-refractivity contribution >= 4 is 5.78 Å². The third kappa shape index (κ3) is 3.98. The minimum atomic E-state index is -0.655. The van der Waals surface area contributed by atoms with Crippen LogP contribution in [-0.2, 0) is 6.54 Å². The first-order valence-electron chi connectivity index (χ1n) is 9.56. The van der Waals surface area contributed by atoms with E-state index < -0.39 is 17.0 Å². The summed E-state index contributed by atoms with van der Waals surface area (Å²) in [4.78, 5) is 45.3. The molecule has 1 aromatic carbocycles. The first-order valence-corrected chi connectivity index (χ1v) is 9.56. The number of benzene rings is 1. The fourth-order valence-corrected chi connectivity index (χ4v) is 3.48. The number of ketones is 1. The Labute approximate surface area is 173 Å². The van der Waals surface area contributed by atoms with Gasteiger partial charge in [-0.1, -0.05) is 13.8 Å². The van der Waals surface area contributed by atoms with Gasteiger partial charge in [-0.25, -0.2) is 4.79 Å². The van der Waals surface area contributed by atoms with Gasteiger partial charge in [-0.05, 0) is 60.7 Å². The SMILES string of the molecule is Cc1cc(C#N)cc(C(=O)c2c(C(C)C)c(=O)[nH]c(=O)n2Cc2ccncc2C)c1. The summed E-state index contributed by atoms with van der Waals surface area (Å²) >= 11 is 0. The average Bonchev–Trinajstić information content (AvgIpc) is 2.69. The lowest BCUT2D eigenvalue weighted by molar-refractivity contribution is 0.102. The number of nitrogens with zero attached hydrogens (tertiary/aromatic N) is 3. The van der Waals surface area contributed by atoms with Crippen LogP contribution in [0.15, 0.2) is 46.2 Å². The largest absolute Gasteiger partial charge is 0.329 e. The summed E-state index contributed by atoms with van der Waals surface area (Å²) in [5.74, 6) is -0.757. The van der Waals surface area contributed by atoms with Crippen molar-refractivity contribution in [2.75, 3.05) is 0 Å². The Bertz CT molecular complexity index is 1290. The molecule has 152 valence electrons. The third-order valence-electron chi connectivity index (χ3n) is 4.96. The quantitative estimate of drug-likeness (QED) is 0.660. The zero-order valence-electron chi connectivity index (χ0n) is 17.3. The molecule has 3 rings (SSSR count). The van der Waals surface area contributed by atoms with Gasteiger partial charge in [0.15, 0.2) is 0 Å².